The van der Waals surface area contributed by atoms with Gasteiger partial charge in [-0.2, -0.15) is 0 Å². The Morgan fingerprint density at radius 1 is 1.33 bits per heavy atom. The van der Waals surface area contributed by atoms with Gasteiger partial charge in [-0.15, -0.1) is 0 Å². The molecule has 0 aromatic carbocycles. The highest BCUT2D eigenvalue weighted by Gasteiger charge is 2.58. The van der Waals surface area contributed by atoms with Gasteiger partial charge in [0.05, 0.1) is 6.10 Å². The summed E-state index contributed by atoms with van der Waals surface area (Å²) >= 11 is 0. The summed E-state index contributed by atoms with van der Waals surface area (Å²) in [6.07, 6.45) is 4.77. The summed E-state index contributed by atoms with van der Waals surface area (Å²) < 4.78 is 0. The number of fused-ring (bicyclic) bond motifs is 1. The van der Waals surface area contributed by atoms with Crippen molar-refractivity contribution < 1.29 is 9.90 Å². The van der Waals surface area contributed by atoms with E-state index < -0.39 is 0 Å². The molecule has 5 nitrogen and oxygen atoms in total. The fraction of sp³-hybridized carbons (Fsp3) is 0.923. The van der Waals surface area contributed by atoms with E-state index in [9.17, 15) is 9.90 Å². The smallest absolute Gasteiger partial charge is 0.233 e. The lowest BCUT2D eigenvalue weighted by Gasteiger charge is -2.28. The molecular formula is C13H23N3O2. The number of aliphatic hydroxyl groups excluding tert-OH is 1. The van der Waals surface area contributed by atoms with Crippen molar-refractivity contribution in [3.63, 3.8) is 0 Å². The minimum atomic E-state index is -0.0962. The lowest BCUT2D eigenvalue weighted by atomic mass is 9.88. The first-order valence-electron chi connectivity index (χ1n) is 7.12. The summed E-state index contributed by atoms with van der Waals surface area (Å²) in [6, 6.07) is 0.414. The normalized spacial score (nSPS) is 41.6. The number of hydrazine groups is 1. The number of amides is 1. The molecule has 2 aliphatic carbocycles. The maximum Gasteiger partial charge on any atom is 0.233 e. The molecule has 3 aliphatic rings. The second-order valence-electron chi connectivity index (χ2n) is 6.16. The number of carbonyl (C=O) groups is 1. The van der Waals surface area contributed by atoms with E-state index in [-0.39, 0.29) is 12.0 Å². The molecular weight excluding hydrogens is 230 g/mol. The van der Waals surface area contributed by atoms with Crippen molar-refractivity contribution in [3.8, 4) is 0 Å². The van der Waals surface area contributed by atoms with Gasteiger partial charge in [-0.1, -0.05) is 0 Å². The van der Waals surface area contributed by atoms with E-state index in [1.54, 1.807) is 0 Å². The van der Waals surface area contributed by atoms with E-state index in [0.29, 0.717) is 18.4 Å². The highest BCUT2D eigenvalue weighted by Crippen LogP contribution is 2.54. The van der Waals surface area contributed by atoms with Crippen LogP contribution in [0, 0.1) is 17.8 Å². The van der Waals surface area contributed by atoms with Gasteiger partial charge in [0.25, 0.3) is 0 Å². The van der Waals surface area contributed by atoms with Gasteiger partial charge in [0, 0.05) is 19.0 Å². The summed E-state index contributed by atoms with van der Waals surface area (Å²) in [5.41, 5.74) is 2.16. The number of carbonyl (C=O) groups excluding carboxylic acids is 1. The van der Waals surface area contributed by atoms with Crippen LogP contribution >= 0.6 is 0 Å². The highest BCUT2D eigenvalue weighted by atomic mass is 16.3. The number of rotatable bonds is 5. The fourth-order valence-corrected chi connectivity index (χ4v) is 4.46. The predicted octanol–water partition coefficient (Wildman–Crippen LogP) is -0.152. The first-order valence-corrected chi connectivity index (χ1v) is 7.12. The first-order chi connectivity index (χ1) is 8.70. The number of aliphatic hydroxyl groups is 1. The Bertz CT molecular complexity index is 334. The molecule has 4 N–H and O–H groups in total. The molecule has 0 aromatic rings. The molecule has 0 radical (unpaired) electrons. The minimum Gasteiger partial charge on any atom is -0.391 e. The van der Waals surface area contributed by atoms with Crippen LogP contribution in [0.4, 0.5) is 0 Å². The fourth-order valence-electron chi connectivity index (χ4n) is 4.46. The second kappa shape index (κ2) is 4.79. The van der Waals surface area contributed by atoms with Gasteiger partial charge in [-0.25, -0.2) is 5.84 Å². The summed E-state index contributed by atoms with van der Waals surface area (Å²) in [7, 11) is 0. The third-order valence-electron chi connectivity index (χ3n) is 5.21. The van der Waals surface area contributed by atoms with Crippen LogP contribution in [0.2, 0.25) is 0 Å². The van der Waals surface area contributed by atoms with Crippen LogP contribution in [0.25, 0.3) is 0 Å². The third-order valence-corrected chi connectivity index (χ3v) is 5.21. The summed E-state index contributed by atoms with van der Waals surface area (Å²) in [5.74, 6) is 7.10. The van der Waals surface area contributed by atoms with E-state index in [1.807, 2.05) is 0 Å². The number of likely N-dealkylation sites (tertiary alicyclic amines) is 1. The molecule has 5 atom stereocenters. The van der Waals surface area contributed by atoms with Crippen LogP contribution in [0.5, 0.6) is 0 Å². The molecule has 1 aliphatic heterocycles. The number of nitrogens with two attached hydrogens (primary N) is 1. The SMILES string of the molecule is NNC(=O)CCCCN1CC2CC3CC2C1C3O. The second-order valence-corrected chi connectivity index (χ2v) is 6.16. The Labute approximate surface area is 108 Å². The number of hydrogen-bond donors (Lipinski definition) is 3. The van der Waals surface area contributed by atoms with E-state index >= 15 is 0 Å². The third kappa shape index (κ3) is 1.94. The van der Waals surface area contributed by atoms with Gasteiger partial charge < -0.3 is 5.11 Å². The monoisotopic (exact) mass is 253 g/mol. The maximum absolute atomic E-state index is 11.0. The van der Waals surface area contributed by atoms with Crippen molar-refractivity contribution in [2.45, 2.75) is 44.2 Å². The molecule has 102 valence electrons. The Morgan fingerprint density at radius 3 is 2.89 bits per heavy atom. The summed E-state index contributed by atoms with van der Waals surface area (Å²) in [6.45, 7) is 2.17. The van der Waals surface area contributed by atoms with Gasteiger partial charge in [0.15, 0.2) is 0 Å². The zero-order chi connectivity index (χ0) is 12.7. The predicted molar refractivity (Wildman–Crippen MR) is 67.3 cm³/mol. The average Bonchev–Trinajstić information content (AvgIpc) is 2.96. The molecule has 1 saturated heterocycles. The van der Waals surface area contributed by atoms with Crippen LogP contribution in [0.3, 0.4) is 0 Å². The lowest BCUT2D eigenvalue weighted by Crippen LogP contribution is -2.41. The first kappa shape index (κ1) is 12.4. The molecule has 1 amide bonds. The quantitative estimate of drug-likeness (QED) is 0.275. The summed E-state index contributed by atoms with van der Waals surface area (Å²) in [4.78, 5) is 13.5. The van der Waals surface area contributed by atoms with Crippen LogP contribution in [0.15, 0.2) is 0 Å². The number of hydrogen-bond acceptors (Lipinski definition) is 4. The number of nitrogens with zero attached hydrogens (tertiary/aromatic N) is 1. The van der Waals surface area contributed by atoms with Gasteiger partial charge in [0.1, 0.15) is 0 Å². The van der Waals surface area contributed by atoms with Crippen molar-refractivity contribution in [2.75, 3.05) is 13.1 Å². The molecule has 3 rings (SSSR count). The molecule has 0 aromatic heterocycles. The van der Waals surface area contributed by atoms with Crippen molar-refractivity contribution in [3.05, 3.63) is 0 Å². The van der Waals surface area contributed by atoms with Crippen LogP contribution in [-0.2, 0) is 4.79 Å². The molecule has 2 saturated carbocycles. The van der Waals surface area contributed by atoms with E-state index in [4.69, 9.17) is 5.84 Å². The molecule has 0 spiro atoms. The van der Waals surface area contributed by atoms with Crippen molar-refractivity contribution in [1.29, 1.82) is 0 Å². The molecule has 5 heteroatoms. The Morgan fingerprint density at radius 2 is 2.17 bits per heavy atom. The molecule has 18 heavy (non-hydrogen) atoms. The maximum atomic E-state index is 11.0. The zero-order valence-electron chi connectivity index (χ0n) is 10.7. The Hall–Kier alpha value is -0.650. The van der Waals surface area contributed by atoms with Gasteiger partial charge in [-0.3, -0.25) is 15.1 Å². The van der Waals surface area contributed by atoms with Gasteiger partial charge in [0.2, 0.25) is 5.91 Å². The Kier molecular flexibility index (Phi) is 3.30. The van der Waals surface area contributed by atoms with Crippen LogP contribution in [-0.4, -0.2) is 41.1 Å². The van der Waals surface area contributed by atoms with E-state index in [0.717, 1.165) is 37.8 Å². The van der Waals surface area contributed by atoms with Crippen molar-refractivity contribution in [2.24, 2.45) is 23.6 Å². The molecule has 5 unspecified atom stereocenters. The zero-order valence-corrected chi connectivity index (χ0v) is 10.7. The van der Waals surface area contributed by atoms with Crippen LogP contribution in [0.1, 0.15) is 32.1 Å². The molecule has 1 heterocycles. The topological polar surface area (TPSA) is 78.6 Å². The minimum absolute atomic E-state index is 0.0857. The standard InChI is InChI=1S/C13H23N3O2/c14-15-11(17)3-1-2-4-16-7-9-5-8-6-10(9)12(16)13(8)18/h8-10,12-13,18H,1-7,14H2,(H,15,17). The van der Waals surface area contributed by atoms with E-state index in [1.165, 1.54) is 12.8 Å². The Balaban J connectivity index is 1.46. The van der Waals surface area contributed by atoms with Crippen molar-refractivity contribution in [1.82, 2.24) is 10.3 Å². The molecule has 3 fully saturated rings. The highest BCUT2D eigenvalue weighted by molar-refractivity contribution is 5.75. The van der Waals surface area contributed by atoms with Crippen molar-refractivity contribution >= 4 is 5.91 Å². The lowest BCUT2D eigenvalue weighted by molar-refractivity contribution is -0.121. The van der Waals surface area contributed by atoms with Crippen LogP contribution < -0.4 is 11.3 Å². The number of unbranched alkanes of at least 4 members (excludes halogenated alkanes) is 1. The largest absolute Gasteiger partial charge is 0.391 e. The van der Waals surface area contributed by atoms with Gasteiger partial charge >= 0.3 is 0 Å². The van der Waals surface area contributed by atoms with E-state index in [2.05, 4.69) is 10.3 Å². The van der Waals surface area contributed by atoms with Gasteiger partial charge in [-0.05, 0) is 50.0 Å². The average molecular weight is 253 g/mol. The summed E-state index contributed by atoms with van der Waals surface area (Å²) in [5, 5.41) is 10.2. The number of nitrogens with one attached hydrogen (secondary N) is 1. The molecule has 2 bridgehead atoms.